The van der Waals surface area contributed by atoms with Crippen LogP contribution < -0.4 is 4.72 Å². The molecule has 0 aromatic heterocycles. The first-order valence-electron chi connectivity index (χ1n) is 6.21. The Morgan fingerprint density at radius 2 is 2.00 bits per heavy atom. The van der Waals surface area contributed by atoms with Crippen molar-refractivity contribution < 1.29 is 17.9 Å². The van der Waals surface area contributed by atoms with Crippen molar-refractivity contribution in [3.8, 4) is 0 Å². The van der Waals surface area contributed by atoms with Crippen molar-refractivity contribution in [2.24, 2.45) is 5.92 Å². The van der Waals surface area contributed by atoms with Crippen LogP contribution in [-0.4, -0.2) is 46.6 Å². The Hall–Kier alpha value is -0.170. The van der Waals surface area contributed by atoms with Crippen LogP contribution in [0.15, 0.2) is 0 Å². The molecular weight excluding hydrogens is 242 g/mol. The third kappa shape index (κ3) is 3.64. The summed E-state index contributed by atoms with van der Waals surface area (Å²) in [6, 6.07) is -0.230. The lowest BCUT2D eigenvalue weighted by Gasteiger charge is -2.19. The first-order chi connectivity index (χ1) is 8.11. The van der Waals surface area contributed by atoms with Crippen LogP contribution in [0.3, 0.4) is 0 Å². The van der Waals surface area contributed by atoms with E-state index in [1.165, 1.54) is 0 Å². The lowest BCUT2D eigenvalue weighted by Crippen LogP contribution is -2.44. The molecule has 2 aliphatic rings. The van der Waals surface area contributed by atoms with E-state index in [0.29, 0.717) is 19.1 Å². The summed E-state index contributed by atoms with van der Waals surface area (Å²) >= 11 is 0. The van der Waals surface area contributed by atoms with Gasteiger partial charge in [-0.15, -0.1) is 0 Å². The zero-order valence-electron chi connectivity index (χ0n) is 10.2. The van der Waals surface area contributed by atoms with Gasteiger partial charge in [-0.1, -0.05) is 12.8 Å². The van der Waals surface area contributed by atoms with Gasteiger partial charge in [0, 0.05) is 7.11 Å². The third-order valence-electron chi connectivity index (χ3n) is 3.59. The molecular formula is C11H21NO4S. The highest BCUT2D eigenvalue weighted by Gasteiger charge is 2.32. The van der Waals surface area contributed by atoms with Crippen LogP contribution in [0.25, 0.3) is 0 Å². The van der Waals surface area contributed by atoms with Crippen molar-refractivity contribution in [1.82, 2.24) is 4.72 Å². The summed E-state index contributed by atoms with van der Waals surface area (Å²) in [6.45, 7) is 0.871. The van der Waals surface area contributed by atoms with E-state index >= 15 is 0 Å². The summed E-state index contributed by atoms with van der Waals surface area (Å²) in [5.41, 5.74) is 0. The highest BCUT2D eigenvalue weighted by Crippen LogP contribution is 2.26. The molecule has 0 amide bonds. The number of nitrogens with one attached hydrogen (secondary N) is 1. The standard InChI is InChI=1S/C11H21NO4S/c1-15-11-7-16-6-10(11)12-17(13,14)8-9-4-2-3-5-9/h9-12H,2-8H2,1H3/t10-,11-/m0/s1. The Morgan fingerprint density at radius 1 is 1.29 bits per heavy atom. The Morgan fingerprint density at radius 3 is 2.65 bits per heavy atom. The first-order valence-corrected chi connectivity index (χ1v) is 7.86. The second-order valence-electron chi connectivity index (χ2n) is 4.97. The molecule has 0 unspecified atom stereocenters. The largest absolute Gasteiger partial charge is 0.377 e. The van der Waals surface area contributed by atoms with Crippen LogP contribution in [0, 0.1) is 5.92 Å². The van der Waals surface area contributed by atoms with E-state index in [9.17, 15) is 8.42 Å². The van der Waals surface area contributed by atoms with E-state index in [1.54, 1.807) is 7.11 Å². The van der Waals surface area contributed by atoms with E-state index in [0.717, 1.165) is 25.7 Å². The van der Waals surface area contributed by atoms with Crippen LogP contribution in [0.1, 0.15) is 25.7 Å². The maximum atomic E-state index is 12.0. The van der Waals surface area contributed by atoms with E-state index < -0.39 is 10.0 Å². The Labute approximate surface area is 103 Å². The van der Waals surface area contributed by atoms with Crippen LogP contribution in [0.5, 0.6) is 0 Å². The lowest BCUT2D eigenvalue weighted by molar-refractivity contribution is 0.0760. The van der Waals surface area contributed by atoms with Crippen LogP contribution in [0.4, 0.5) is 0 Å². The molecule has 6 heteroatoms. The highest BCUT2D eigenvalue weighted by atomic mass is 32.2. The van der Waals surface area contributed by atoms with Gasteiger partial charge in [-0.25, -0.2) is 13.1 Å². The van der Waals surface area contributed by atoms with Crippen LogP contribution in [-0.2, 0) is 19.5 Å². The summed E-state index contributed by atoms with van der Waals surface area (Å²) in [6.07, 6.45) is 4.24. The zero-order chi connectivity index (χ0) is 12.3. The summed E-state index contributed by atoms with van der Waals surface area (Å²) in [5, 5.41) is 0. The number of methoxy groups -OCH3 is 1. The molecule has 1 saturated heterocycles. The Kier molecular flexibility index (Phi) is 4.41. The SMILES string of the molecule is CO[C@H]1COC[C@@H]1NS(=O)(=O)CC1CCCC1. The summed E-state index contributed by atoms with van der Waals surface area (Å²) in [4.78, 5) is 0. The molecule has 0 radical (unpaired) electrons. The van der Waals surface area contributed by atoms with E-state index in [1.807, 2.05) is 0 Å². The number of sulfonamides is 1. The summed E-state index contributed by atoms with van der Waals surface area (Å²) < 4.78 is 37.1. The van der Waals surface area contributed by atoms with Crippen molar-refractivity contribution in [3.05, 3.63) is 0 Å². The summed E-state index contributed by atoms with van der Waals surface area (Å²) in [5.74, 6) is 0.579. The Bertz CT molecular complexity index is 337. The van der Waals surface area contributed by atoms with Gasteiger partial charge in [0.15, 0.2) is 0 Å². The number of ether oxygens (including phenoxy) is 2. The third-order valence-corrected chi connectivity index (χ3v) is 5.16. The topological polar surface area (TPSA) is 64.6 Å². The molecule has 1 aliphatic heterocycles. The predicted molar refractivity (Wildman–Crippen MR) is 64.3 cm³/mol. The van der Waals surface area contributed by atoms with E-state index in [2.05, 4.69) is 4.72 Å². The van der Waals surface area contributed by atoms with Crippen molar-refractivity contribution in [3.63, 3.8) is 0 Å². The van der Waals surface area contributed by atoms with Gasteiger partial charge >= 0.3 is 0 Å². The molecule has 2 fully saturated rings. The average Bonchev–Trinajstić information content (AvgIpc) is 2.87. The zero-order valence-corrected chi connectivity index (χ0v) is 11.0. The van der Waals surface area contributed by atoms with Gasteiger partial charge in [0.2, 0.25) is 10.0 Å². The van der Waals surface area contributed by atoms with Gasteiger partial charge in [0.25, 0.3) is 0 Å². The fourth-order valence-corrected chi connectivity index (χ4v) is 4.37. The van der Waals surface area contributed by atoms with Gasteiger partial charge < -0.3 is 9.47 Å². The normalized spacial score (nSPS) is 31.1. The predicted octanol–water partition coefficient (Wildman–Crippen LogP) is 0.510. The van der Waals surface area contributed by atoms with Crippen molar-refractivity contribution in [1.29, 1.82) is 0 Å². The van der Waals surface area contributed by atoms with E-state index in [4.69, 9.17) is 9.47 Å². The minimum Gasteiger partial charge on any atom is -0.377 e. The Balaban J connectivity index is 1.87. The fraction of sp³-hybridized carbons (Fsp3) is 1.00. The average molecular weight is 263 g/mol. The maximum absolute atomic E-state index is 12.0. The minimum absolute atomic E-state index is 0.159. The smallest absolute Gasteiger partial charge is 0.212 e. The second-order valence-corrected chi connectivity index (χ2v) is 6.77. The molecule has 17 heavy (non-hydrogen) atoms. The molecule has 0 aromatic rings. The maximum Gasteiger partial charge on any atom is 0.212 e. The molecule has 1 saturated carbocycles. The van der Waals surface area contributed by atoms with E-state index in [-0.39, 0.29) is 17.9 Å². The fourth-order valence-electron chi connectivity index (χ4n) is 2.64. The molecule has 1 heterocycles. The van der Waals surface area contributed by atoms with Crippen LogP contribution >= 0.6 is 0 Å². The first kappa shape index (κ1) is 13.3. The monoisotopic (exact) mass is 263 g/mol. The van der Waals surface area contributed by atoms with Gasteiger partial charge in [0.1, 0.15) is 0 Å². The van der Waals surface area contributed by atoms with Gasteiger partial charge in [0.05, 0.1) is 31.1 Å². The molecule has 5 nitrogen and oxygen atoms in total. The van der Waals surface area contributed by atoms with Crippen molar-refractivity contribution >= 4 is 10.0 Å². The van der Waals surface area contributed by atoms with Crippen molar-refractivity contribution in [2.45, 2.75) is 37.8 Å². The van der Waals surface area contributed by atoms with Gasteiger partial charge in [-0.2, -0.15) is 0 Å². The van der Waals surface area contributed by atoms with Gasteiger partial charge in [-0.05, 0) is 18.8 Å². The molecule has 0 aromatic carbocycles. The molecule has 2 atom stereocenters. The molecule has 1 aliphatic carbocycles. The number of hydrogen-bond acceptors (Lipinski definition) is 4. The molecule has 0 spiro atoms. The van der Waals surface area contributed by atoms with Gasteiger partial charge in [-0.3, -0.25) is 0 Å². The quantitative estimate of drug-likeness (QED) is 0.785. The second kappa shape index (κ2) is 5.65. The highest BCUT2D eigenvalue weighted by molar-refractivity contribution is 7.89. The minimum atomic E-state index is -3.20. The lowest BCUT2D eigenvalue weighted by atomic mass is 10.1. The molecule has 100 valence electrons. The van der Waals surface area contributed by atoms with Crippen molar-refractivity contribution in [2.75, 3.05) is 26.1 Å². The molecule has 0 bridgehead atoms. The number of hydrogen-bond donors (Lipinski definition) is 1. The molecule has 1 N–H and O–H groups in total. The van der Waals surface area contributed by atoms with Crippen LogP contribution in [0.2, 0.25) is 0 Å². The molecule has 2 rings (SSSR count). The number of rotatable bonds is 5. The summed E-state index contributed by atoms with van der Waals surface area (Å²) in [7, 11) is -1.62.